The minimum absolute atomic E-state index is 0.00936. The number of alkyl halides is 3. The first-order valence-corrected chi connectivity index (χ1v) is 15.5. The molecule has 0 radical (unpaired) electrons. The van der Waals surface area contributed by atoms with Crippen LogP contribution in [-0.4, -0.2) is 71.5 Å². The molecule has 16 heteroatoms. The van der Waals surface area contributed by atoms with Crippen LogP contribution in [0.1, 0.15) is 72.3 Å². The summed E-state index contributed by atoms with van der Waals surface area (Å²) in [7, 11) is 0. The number of hydrogen-bond donors (Lipinski definition) is 2. The number of nitrogens with one attached hydrogen (secondary N) is 1. The molecule has 2 amide bonds. The Morgan fingerprint density at radius 1 is 1.12 bits per heavy atom. The van der Waals surface area contributed by atoms with Crippen LogP contribution in [-0.2, 0) is 11.0 Å². The number of anilines is 2. The molecular weight excluding hydrogens is 653 g/mol. The van der Waals surface area contributed by atoms with E-state index in [-0.39, 0.29) is 76.4 Å². The fourth-order valence-corrected chi connectivity index (χ4v) is 6.83. The largest absolute Gasteiger partial charge is 0.504 e. The average Bonchev–Trinajstić information content (AvgIpc) is 3.36. The van der Waals surface area contributed by atoms with E-state index in [0.29, 0.717) is 17.1 Å². The van der Waals surface area contributed by atoms with E-state index < -0.39 is 35.1 Å². The van der Waals surface area contributed by atoms with E-state index in [1.165, 1.54) is 12.5 Å². The van der Waals surface area contributed by atoms with Crippen molar-refractivity contribution in [2.75, 3.05) is 29.9 Å². The van der Waals surface area contributed by atoms with Crippen molar-refractivity contribution < 1.29 is 27.9 Å². The molecule has 252 valence electrons. The highest BCUT2D eigenvalue weighted by molar-refractivity contribution is 6.33. The number of nitrogens with zero attached hydrogens (tertiary/aromatic N) is 7. The summed E-state index contributed by atoms with van der Waals surface area (Å²) >= 11 is 6.16. The van der Waals surface area contributed by atoms with E-state index in [1.807, 2.05) is 25.7 Å². The summed E-state index contributed by atoms with van der Waals surface area (Å²) in [5, 5.41) is 12.8. The molecule has 1 fully saturated rings. The number of rotatable bonds is 4. The lowest BCUT2D eigenvalue weighted by molar-refractivity contribution is -0.137. The van der Waals surface area contributed by atoms with Gasteiger partial charge in [-0.05, 0) is 52.3 Å². The Hall–Kier alpha value is -4.79. The Labute approximate surface area is 277 Å². The van der Waals surface area contributed by atoms with E-state index in [2.05, 4.69) is 25.3 Å². The van der Waals surface area contributed by atoms with Crippen molar-refractivity contribution in [2.45, 2.75) is 64.7 Å². The standard InChI is InChI=1S/C32H32ClF3N8O4/c1-15-10-21(29(47)41-20-7-6-18(11-19(20)33)32(34,35)36)44-24(15)25(27(46)22-28(44)37-12-16(2)40-22)43-9-8-42(13-31(43,4)5)30(48)23-26(45)17(3)38-14-39-23/h6-7,11-12,14-15,21,45H,8-10,13H2,1-5H3,(H,41,47)/t15-,21-/m1/s1. The maximum absolute atomic E-state index is 14.3. The summed E-state index contributed by atoms with van der Waals surface area (Å²) in [5.41, 5.74) is -0.317. The number of amides is 2. The summed E-state index contributed by atoms with van der Waals surface area (Å²) < 4.78 is 41.3. The van der Waals surface area contributed by atoms with Crippen LogP contribution in [0.4, 0.5) is 24.5 Å². The minimum Gasteiger partial charge on any atom is -0.504 e. The lowest BCUT2D eigenvalue weighted by Crippen LogP contribution is -2.62. The highest BCUT2D eigenvalue weighted by Gasteiger charge is 2.44. The highest BCUT2D eigenvalue weighted by Crippen LogP contribution is 2.44. The Kier molecular flexibility index (Phi) is 8.09. The summed E-state index contributed by atoms with van der Waals surface area (Å²) in [6.45, 7) is 9.53. The van der Waals surface area contributed by atoms with Crippen LogP contribution in [0.2, 0.25) is 5.02 Å². The number of hydrogen-bond acceptors (Lipinski definition) is 9. The zero-order valence-corrected chi connectivity index (χ0v) is 27.4. The molecule has 6 rings (SSSR count). The second-order valence-corrected chi connectivity index (χ2v) is 13.2. The predicted octanol–water partition coefficient (Wildman–Crippen LogP) is 5.00. The molecule has 48 heavy (non-hydrogen) atoms. The minimum atomic E-state index is -4.60. The Balaban J connectivity index is 1.40. The van der Waals surface area contributed by atoms with Crippen molar-refractivity contribution in [3.8, 4) is 5.75 Å². The molecule has 5 heterocycles. The Bertz CT molecular complexity index is 2050. The van der Waals surface area contributed by atoms with E-state index in [1.54, 1.807) is 23.3 Å². The van der Waals surface area contributed by atoms with Crippen LogP contribution in [0.15, 0.2) is 35.5 Å². The van der Waals surface area contributed by atoms with E-state index in [4.69, 9.17) is 11.6 Å². The van der Waals surface area contributed by atoms with Gasteiger partial charge in [0.1, 0.15) is 18.1 Å². The number of pyridine rings is 1. The molecule has 1 saturated heterocycles. The monoisotopic (exact) mass is 684 g/mol. The maximum atomic E-state index is 14.3. The number of fused-ring (bicyclic) bond motifs is 3. The maximum Gasteiger partial charge on any atom is 0.416 e. The fraction of sp³-hybridized carbons (Fsp3) is 0.406. The molecule has 2 N–H and O–H groups in total. The van der Waals surface area contributed by atoms with Gasteiger partial charge in [-0.3, -0.25) is 14.4 Å². The summed E-state index contributed by atoms with van der Waals surface area (Å²) in [6, 6.07) is 1.79. The van der Waals surface area contributed by atoms with Crippen molar-refractivity contribution >= 4 is 46.0 Å². The number of piperazine rings is 1. The second-order valence-electron chi connectivity index (χ2n) is 12.8. The van der Waals surface area contributed by atoms with Crippen LogP contribution in [0.25, 0.3) is 11.2 Å². The molecular formula is C32H32ClF3N8O4. The van der Waals surface area contributed by atoms with E-state index >= 15 is 0 Å². The number of halogens is 4. The number of aromatic hydroxyl groups is 1. The lowest BCUT2D eigenvalue weighted by atomic mass is 9.94. The molecule has 2 aliphatic heterocycles. The van der Waals surface area contributed by atoms with Crippen molar-refractivity contribution in [3.63, 3.8) is 0 Å². The Morgan fingerprint density at radius 2 is 1.85 bits per heavy atom. The van der Waals surface area contributed by atoms with Gasteiger partial charge in [-0.1, -0.05) is 18.5 Å². The predicted molar refractivity (Wildman–Crippen MR) is 171 cm³/mol. The molecule has 0 spiro atoms. The van der Waals surface area contributed by atoms with Gasteiger partial charge in [0.05, 0.1) is 45.1 Å². The van der Waals surface area contributed by atoms with Crippen LogP contribution in [0, 0.1) is 13.8 Å². The number of carbonyl (C=O) groups is 2. The summed E-state index contributed by atoms with van der Waals surface area (Å²) in [6.07, 6.45) is -1.63. The lowest BCUT2D eigenvalue weighted by Gasteiger charge is -2.48. The molecule has 1 aromatic carbocycles. The van der Waals surface area contributed by atoms with Gasteiger partial charge >= 0.3 is 6.18 Å². The number of carbonyl (C=O) groups excluding carboxylic acids is 2. The van der Waals surface area contributed by atoms with E-state index in [9.17, 15) is 32.7 Å². The van der Waals surface area contributed by atoms with Gasteiger partial charge in [-0.2, -0.15) is 13.2 Å². The molecule has 2 atom stereocenters. The molecule has 3 aromatic heterocycles. The normalized spacial score (nSPS) is 19.0. The van der Waals surface area contributed by atoms with Crippen LogP contribution in [0.3, 0.4) is 0 Å². The van der Waals surface area contributed by atoms with Gasteiger partial charge in [0, 0.05) is 25.6 Å². The molecule has 0 bridgehead atoms. The zero-order valence-electron chi connectivity index (χ0n) is 26.7. The molecule has 2 aliphatic rings. The highest BCUT2D eigenvalue weighted by atomic mass is 35.5. The van der Waals surface area contributed by atoms with Crippen LogP contribution >= 0.6 is 11.6 Å². The first-order chi connectivity index (χ1) is 22.5. The van der Waals surface area contributed by atoms with Gasteiger partial charge < -0.3 is 24.8 Å². The zero-order chi connectivity index (χ0) is 34.9. The van der Waals surface area contributed by atoms with Crippen molar-refractivity contribution in [3.05, 3.63) is 74.3 Å². The third-order valence-electron chi connectivity index (χ3n) is 8.91. The van der Waals surface area contributed by atoms with Gasteiger partial charge in [-0.25, -0.2) is 19.9 Å². The molecule has 4 aromatic rings. The Morgan fingerprint density at radius 3 is 2.52 bits per heavy atom. The van der Waals surface area contributed by atoms with Gasteiger partial charge in [0.25, 0.3) is 5.91 Å². The van der Waals surface area contributed by atoms with E-state index in [0.717, 1.165) is 18.2 Å². The molecule has 0 unspecified atom stereocenters. The quantitative estimate of drug-likeness (QED) is 0.303. The smallest absolute Gasteiger partial charge is 0.416 e. The SMILES string of the molecule is Cc1cnc2c(n1)c(=O)c(N1CCN(C(=O)c3ncnc(C)c3O)CC1(C)C)c1n2[C@@H](C(=O)Nc2ccc(C(F)(F)F)cc2Cl)C[C@H]1C. The molecule has 12 nitrogen and oxygen atoms in total. The van der Waals surface area contributed by atoms with Crippen molar-refractivity contribution in [1.29, 1.82) is 0 Å². The van der Waals surface area contributed by atoms with Crippen LogP contribution in [0.5, 0.6) is 5.75 Å². The summed E-state index contributed by atoms with van der Waals surface area (Å²) in [4.78, 5) is 62.0. The van der Waals surface area contributed by atoms with Gasteiger partial charge in [0.2, 0.25) is 11.3 Å². The first kappa shape index (κ1) is 33.1. The van der Waals surface area contributed by atoms with Gasteiger partial charge in [-0.15, -0.1) is 0 Å². The van der Waals surface area contributed by atoms with Crippen molar-refractivity contribution in [2.24, 2.45) is 0 Å². The van der Waals surface area contributed by atoms with Gasteiger partial charge in [0.15, 0.2) is 22.6 Å². The molecule has 0 saturated carbocycles. The average molecular weight is 685 g/mol. The number of aromatic nitrogens is 5. The van der Waals surface area contributed by atoms with Crippen molar-refractivity contribution in [1.82, 2.24) is 29.4 Å². The first-order valence-electron chi connectivity index (χ1n) is 15.2. The molecule has 0 aliphatic carbocycles. The summed E-state index contributed by atoms with van der Waals surface area (Å²) in [5.74, 6) is -1.64. The number of aryl methyl sites for hydroxylation is 2. The fourth-order valence-electron chi connectivity index (χ4n) is 6.60. The topological polar surface area (TPSA) is 146 Å². The third-order valence-corrected chi connectivity index (χ3v) is 9.23. The second kappa shape index (κ2) is 11.7. The number of benzene rings is 1. The van der Waals surface area contributed by atoms with Crippen LogP contribution < -0.4 is 15.6 Å². The third kappa shape index (κ3) is 5.59.